The van der Waals surface area contributed by atoms with Gasteiger partial charge in [-0.1, -0.05) is 185 Å². The molecule has 0 spiro atoms. The summed E-state index contributed by atoms with van der Waals surface area (Å²) >= 11 is 0. The van der Waals surface area contributed by atoms with E-state index in [1.54, 1.807) is 0 Å². The highest BCUT2D eigenvalue weighted by atomic mass is 15.2. The molecule has 8 aromatic rings. The van der Waals surface area contributed by atoms with Crippen molar-refractivity contribution >= 4 is 103 Å². The Morgan fingerprint density at radius 3 is 1.28 bits per heavy atom. The van der Waals surface area contributed by atoms with Crippen molar-refractivity contribution in [2.24, 2.45) is 0 Å². The first-order chi connectivity index (χ1) is 26.4. The van der Waals surface area contributed by atoms with Crippen molar-refractivity contribution in [3.8, 4) is 0 Å². The van der Waals surface area contributed by atoms with Crippen LogP contribution in [0, 0.1) is 0 Å². The fraction of sp³-hybridized carbons (Fsp3) is 0. The average Bonchev–Trinajstić information content (AvgIpc) is 3.24. The van der Waals surface area contributed by atoms with Crippen LogP contribution in [0.25, 0.3) is 0 Å². The van der Waals surface area contributed by atoms with E-state index < -0.39 is 0 Å². The molecule has 0 saturated carbocycles. The van der Waals surface area contributed by atoms with Crippen LogP contribution in [0.1, 0.15) is 0 Å². The molecule has 244 valence electrons. The van der Waals surface area contributed by atoms with E-state index >= 15 is 0 Å². The van der Waals surface area contributed by atoms with Gasteiger partial charge in [0.1, 0.15) is 0 Å². The van der Waals surface area contributed by atoms with Crippen LogP contribution in [-0.2, 0) is 0 Å². The van der Waals surface area contributed by atoms with Gasteiger partial charge < -0.3 is 9.80 Å². The van der Waals surface area contributed by atoms with E-state index in [1.165, 1.54) is 77.6 Å². The quantitative estimate of drug-likeness (QED) is 0.240. The molecule has 0 bridgehead atoms. The molecule has 0 fully saturated rings. The maximum absolute atomic E-state index is 2.59. The third-order valence-electron chi connectivity index (χ3n) is 11.6. The molecule has 0 atom stereocenters. The lowest BCUT2D eigenvalue weighted by Crippen LogP contribution is -2.78. The van der Waals surface area contributed by atoms with Crippen molar-refractivity contribution in [1.82, 2.24) is 0 Å². The number of hydrogen-bond donors (Lipinski definition) is 0. The molecule has 0 aromatic heterocycles. The van der Waals surface area contributed by atoms with Gasteiger partial charge >= 0.3 is 0 Å². The molecule has 0 saturated heterocycles. The molecule has 53 heavy (non-hydrogen) atoms. The fourth-order valence-electron chi connectivity index (χ4n) is 9.61. The van der Waals surface area contributed by atoms with Crippen molar-refractivity contribution in [2.75, 3.05) is 9.80 Å². The maximum Gasteiger partial charge on any atom is 0.249 e. The van der Waals surface area contributed by atoms with Crippen LogP contribution in [0.5, 0.6) is 0 Å². The van der Waals surface area contributed by atoms with E-state index in [2.05, 4.69) is 210 Å². The van der Waals surface area contributed by atoms with Crippen LogP contribution >= 0.6 is 0 Å². The fourth-order valence-corrected chi connectivity index (χ4v) is 9.61. The first kappa shape index (κ1) is 30.2. The lowest BCUT2D eigenvalue weighted by atomic mass is 9.19. The van der Waals surface area contributed by atoms with Crippen molar-refractivity contribution in [3.05, 3.63) is 200 Å². The SMILES string of the molecule is c1ccc(B2c3ccccc3B3c4ccccc4N(c4ccccc4)c4c3c2cc2c4B(c3ccccc3)c3ccccc3N2c2ccccc2)cc1. The number of fused-ring (bicyclic) bond motifs is 7. The molecule has 2 nitrogen and oxygen atoms in total. The Hall–Kier alpha value is -6.45. The van der Waals surface area contributed by atoms with E-state index in [0.29, 0.717) is 0 Å². The topological polar surface area (TPSA) is 6.48 Å². The second-order valence-electron chi connectivity index (χ2n) is 14.4. The second kappa shape index (κ2) is 12.1. The number of para-hydroxylation sites is 4. The minimum absolute atomic E-state index is 0.00660. The summed E-state index contributed by atoms with van der Waals surface area (Å²) in [5.41, 5.74) is 19.5. The number of anilines is 6. The van der Waals surface area contributed by atoms with Gasteiger partial charge in [-0.15, -0.1) is 0 Å². The summed E-state index contributed by atoms with van der Waals surface area (Å²) in [6.45, 7) is 0.152. The Morgan fingerprint density at radius 2 is 0.698 bits per heavy atom. The normalized spacial score (nSPS) is 13.5. The summed E-state index contributed by atoms with van der Waals surface area (Å²) in [5, 5.41) is 0. The van der Waals surface area contributed by atoms with E-state index in [-0.39, 0.29) is 20.1 Å². The lowest BCUT2D eigenvalue weighted by Gasteiger charge is -2.47. The third-order valence-corrected chi connectivity index (χ3v) is 11.6. The predicted molar refractivity (Wildman–Crippen MR) is 229 cm³/mol. The van der Waals surface area contributed by atoms with Crippen molar-refractivity contribution in [1.29, 1.82) is 0 Å². The summed E-state index contributed by atoms with van der Waals surface area (Å²) < 4.78 is 0. The molecule has 8 aromatic carbocycles. The molecule has 5 heteroatoms. The standard InChI is InChI=1S/C48H33B3N2/c1-5-19-34(20-6-1)49-38-27-13-14-28-39(38)51-41-30-16-18-32-44(41)53(37-25-11-4-12-26-37)48-46(51)42(49)33-45-47(48)50(35-21-7-2-8-22-35)40-29-15-17-31-43(40)52(45)36-23-9-3-10-24-36/h1-33H. The summed E-state index contributed by atoms with van der Waals surface area (Å²) in [6, 6.07) is 74.3. The second-order valence-corrected chi connectivity index (χ2v) is 14.4. The number of benzene rings is 8. The Bertz CT molecular complexity index is 2640. The molecule has 0 radical (unpaired) electrons. The van der Waals surface area contributed by atoms with Crippen LogP contribution in [0.2, 0.25) is 0 Å². The van der Waals surface area contributed by atoms with Crippen LogP contribution in [0.4, 0.5) is 34.1 Å². The van der Waals surface area contributed by atoms with E-state index in [9.17, 15) is 0 Å². The Kier molecular flexibility index (Phi) is 6.88. The van der Waals surface area contributed by atoms with Crippen LogP contribution in [0.3, 0.4) is 0 Å². The van der Waals surface area contributed by atoms with Crippen molar-refractivity contribution < 1.29 is 0 Å². The zero-order valence-corrected chi connectivity index (χ0v) is 29.2. The smallest absolute Gasteiger partial charge is 0.249 e. The highest BCUT2D eigenvalue weighted by molar-refractivity contribution is 7.13. The van der Waals surface area contributed by atoms with Crippen molar-refractivity contribution in [2.45, 2.75) is 0 Å². The van der Waals surface area contributed by atoms with Crippen LogP contribution in [0.15, 0.2) is 200 Å². The van der Waals surface area contributed by atoms with E-state index in [0.717, 1.165) is 5.69 Å². The van der Waals surface area contributed by atoms with Gasteiger partial charge in [0.25, 0.3) is 0 Å². The van der Waals surface area contributed by atoms with E-state index in [1.807, 2.05) is 0 Å². The number of rotatable bonds is 4. The molecular formula is C48H33B3N2. The minimum Gasteiger partial charge on any atom is -0.312 e. The third kappa shape index (κ3) is 4.50. The van der Waals surface area contributed by atoms with Gasteiger partial charge in [0.2, 0.25) is 20.1 Å². The molecular weight excluding hydrogens is 637 g/mol. The number of hydrogen-bond acceptors (Lipinski definition) is 2. The minimum atomic E-state index is 0.00660. The molecule has 3 aliphatic heterocycles. The first-order valence-electron chi connectivity index (χ1n) is 18.6. The predicted octanol–water partition coefficient (Wildman–Crippen LogP) is 5.12. The summed E-state index contributed by atoms with van der Waals surface area (Å²) in [4.78, 5) is 5.12. The van der Waals surface area contributed by atoms with E-state index in [4.69, 9.17) is 0 Å². The van der Waals surface area contributed by atoms with Crippen molar-refractivity contribution in [3.63, 3.8) is 0 Å². The van der Waals surface area contributed by atoms with Gasteiger partial charge in [-0.05, 0) is 64.3 Å². The Balaban J connectivity index is 1.36. The molecule has 0 aliphatic carbocycles. The van der Waals surface area contributed by atoms with Gasteiger partial charge in [0.15, 0.2) is 0 Å². The van der Waals surface area contributed by atoms with Crippen LogP contribution in [-0.4, -0.2) is 20.1 Å². The Labute approximate surface area is 312 Å². The zero-order valence-electron chi connectivity index (χ0n) is 29.2. The Morgan fingerprint density at radius 1 is 0.283 bits per heavy atom. The largest absolute Gasteiger partial charge is 0.312 e. The molecule has 3 heterocycles. The molecule has 11 rings (SSSR count). The summed E-state index contributed by atoms with van der Waals surface area (Å²) in [7, 11) is 0. The van der Waals surface area contributed by atoms with Gasteiger partial charge in [-0.2, -0.15) is 0 Å². The zero-order chi connectivity index (χ0) is 34.9. The highest BCUT2D eigenvalue weighted by Gasteiger charge is 2.49. The van der Waals surface area contributed by atoms with Gasteiger partial charge in [0.05, 0.1) is 0 Å². The van der Waals surface area contributed by atoms with Gasteiger partial charge in [-0.25, -0.2) is 0 Å². The van der Waals surface area contributed by atoms with Crippen LogP contribution < -0.4 is 59.0 Å². The summed E-state index contributed by atoms with van der Waals surface area (Å²) in [6.07, 6.45) is 0. The lowest BCUT2D eigenvalue weighted by molar-refractivity contribution is 1.27. The molecule has 3 aliphatic rings. The highest BCUT2D eigenvalue weighted by Crippen LogP contribution is 2.42. The van der Waals surface area contributed by atoms with Gasteiger partial charge in [0, 0.05) is 34.1 Å². The molecule has 0 N–H and O–H groups in total. The first-order valence-corrected chi connectivity index (χ1v) is 18.6. The molecule has 0 amide bonds. The maximum atomic E-state index is 2.59. The monoisotopic (exact) mass is 670 g/mol. The average molecular weight is 670 g/mol. The molecule has 0 unspecified atom stereocenters. The number of nitrogens with zero attached hydrogens (tertiary/aromatic N) is 2. The van der Waals surface area contributed by atoms with Gasteiger partial charge in [-0.3, -0.25) is 0 Å². The summed E-state index contributed by atoms with van der Waals surface area (Å²) in [5.74, 6) is 0.